The summed E-state index contributed by atoms with van der Waals surface area (Å²) < 4.78 is 5.91. The highest BCUT2D eigenvalue weighted by molar-refractivity contribution is 6.06. The Labute approximate surface area is 147 Å². The Balaban J connectivity index is 1.84. The Hall–Kier alpha value is -2.84. The van der Waals surface area contributed by atoms with Crippen molar-refractivity contribution in [2.24, 2.45) is 0 Å². The second-order valence-electron chi connectivity index (χ2n) is 6.48. The van der Waals surface area contributed by atoms with Crippen molar-refractivity contribution in [3.8, 4) is 11.1 Å². The SMILES string of the molecule is Cc1ccc(-c2ccc3oc4ccccc4c3c2)cc1/C=C\[C@@H](C)O. The highest BCUT2D eigenvalue weighted by atomic mass is 16.3. The molecule has 124 valence electrons. The maximum Gasteiger partial charge on any atom is 0.135 e. The third kappa shape index (κ3) is 2.97. The van der Waals surface area contributed by atoms with Crippen molar-refractivity contribution in [1.29, 1.82) is 0 Å². The first-order chi connectivity index (χ1) is 12.1. The van der Waals surface area contributed by atoms with Crippen molar-refractivity contribution in [1.82, 2.24) is 0 Å². The lowest BCUT2D eigenvalue weighted by Crippen LogP contribution is -1.92. The number of aliphatic hydroxyl groups excluding tert-OH is 1. The quantitative estimate of drug-likeness (QED) is 0.504. The zero-order chi connectivity index (χ0) is 17.4. The molecule has 1 heterocycles. The molecule has 0 aliphatic heterocycles. The van der Waals surface area contributed by atoms with Gasteiger partial charge in [0.1, 0.15) is 11.2 Å². The van der Waals surface area contributed by atoms with E-state index in [1.807, 2.05) is 30.3 Å². The molecule has 2 heteroatoms. The predicted octanol–water partition coefficient (Wildman–Crippen LogP) is 5.96. The molecule has 0 unspecified atom stereocenters. The molecule has 0 saturated carbocycles. The van der Waals surface area contributed by atoms with Crippen LogP contribution in [-0.2, 0) is 0 Å². The highest BCUT2D eigenvalue weighted by Crippen LogP contribution is 2.32. The topological polar surface area (TPSA) is 33.4 Å². The molecule has 0 saturated heterocycles. The zero-order valence-corrected chi connectivity index (χ0v) is 14.4. The summed E-state index contributed by atoms with van der Waals surface area (Å²) in [6.45, 7) is 3.84. The van der Waals surface area contributed by atoms with Gasteiger partial charge in [0, 0.05) is 10.8 Å². The fourth-order valence-corrected chi connectivity index (χ4v) is 3.15. The molecule has 1 atom stereocenters. The van der Waals surface area contributed by atoms with E-state index in [1.54, 1.807) is 13.0 Å². The van der Waals surface area contributed by atoms with Crippen LogP contribution in [0.4, 0.5) is 0 Å². The molecule has 0 amide bonds. The minimum atomic E-state index is -0.447. The van der Waals surface area contributed by atoms with Gasteiger partial charge in [0.25, 0.3) is 0 Å². The van der Waals surface area contributed by atoms with Gasteiger partial charge in [0.05, 0.1) is 6.10 Å². The van der Waals surface area contributed by atoms with E-state index in [9.17, 15) is 5.11 Å². The van der Waals surface area contributed by atoms with E-state index in [4.69, 9.17) is 4.42 Å². The summed E-state index contributed by atoms with van der Waals surface area (Å²) in [5, 5.41) is 11.8. The number of hydrogen-bond donors (Lipinski definition) is 1. The van der Waals surface area contributed by atoms with Crippen molar-refractivity contribution in [3.63, 3.8) is 0 Å². The van der Waals surface area contributed by atoms with E-state index in [0.717, 1.165) is 38.6 Å². The summed E-state index contributed by atoms with van der Waals surface area (Å²) in [4.78, 5) is 0. The number of fused-ring (bicyclic) bond motifs is 3. The van der Waals surface area contributed by atoms with E-state index in [-0.39, 0.29) is 0 Å². The summed E-state index contributed by atoms with van der Waals surface area (Å²) in [6, 6.07) is 20.9. The molecule has 25 heavy (non-hydrogen) atoms. The van der Waals surface area contributed by atoms with Crippen LogP contribution in [0.1, 0.15) is 18.1 Å². The largest absolute Gasteiger partial charge is 0.456 e. The smallest absolute Gasteiger partial charge is 0.135 e. The molecule has 3 aromatic carbocycles. The Bertz CT molecular complexity index is 1080. The lowest BCUT2D eigenvalue weighted by Gasteiger charge is -2.07. The number of aryl methyl sites for hydroxylation is 1. The van der Waals surface area contributed by atoms with E-state index in [1.165, 1.54) is 5.56 Å². The highest BCUT2D eigenvalue weighted by Gasteiger charge is 2.08. The molecule has 1 N–H and O–H groups in total. The minimum Gasteiger partial charge on any atom is -0.456 e. The summed E-state index contributed by atoms with van der Waals surface area (Å²) >= 11 is 0. The van der Waals surface area contributed by atoms with Gasteiger partial charge >= 0.3 is 0 Å². The average Bonchev–Trinajstić information content (AvgIpc) is 2.99. The first-order valence-electron chi connectivity index (χ1n) is 8.50. The first kappa shape index (κ1) is 15.7. The zero-order valence-electron chi connectivity index (χ0n) is 14.4. The van der Waals surface area contributed by atoms with E-state index in [0.29, 0.717) is 0 Å². The van der Waals surface area contributed by atoms with Crippen LogP contribution >= 0.6 is 0 Å². The monoisotopic (exact) mass is 328 g/mol. The maximum absolute atomic E-state index is 9.49. The Morgan fingerprint density at radius 3 is 2.44 bits per heavy atom. The molecule has 1 aromatic heterocycles. The molecule has 0 spiro atoms. The molecule has 2 nitrogen and oxygen atoms in total. The minimum absolute atomic E-state index is 0.447. The molecule has 4 rings (SSSR count). The normalized spacial score (nSPS) is 13.1. The number of hydrogen-bond acceptors (Lipinski definition) is 2. The molecule has 0 radical (unpaired) electrons. The van der Waals surface area contributed by atoms with E-state index in [2.05, 4.69) is 43.3 Å². The van der Waals surface area contributed by atoms with Crippen LogP contribution in [0.15, 0.2) is 71.2 Å². The molecule has 0 fully saturated rings. The van der Waals surface area contributed by atoms with Crippen molar-refractivity contribution in [2.75, 3.05) is 0 Å². The standard InChI is InChI=1S/C23H20O2/c1-15-7-9-18(13-17(15)10-8-16(2)24)19-11-12-23-21(14-19)20-5-3-4-6-22(20)25-23/h3-14,16,24H,1-2H3/b10-8-/t16-/m1/s1. The molecular formula is C23H20O2. The van der Waals surface area contributed by atoms with E-state index >= 15 is 0 Å². The van der Waals surface area contributed by atoms with Gasteiger partial charge in [-0.1, -0.05) is 48.6 Å². The van der Waals surface area contributed by atoms with Gasteiger partial charge in [-0.05, 0) is 60.4 Å². The van der Waals surface area contributed by atoms with Crippen LogP contribution in [0.25, 0.3) is 39.1 Å². The molecule has 0 aliphatic rings. The predicted molar refractivity (Wildman–Crippen MR) is 105 cm³/mol. The Morgan fingerprint density at radius 2 is 1.60 bits per heavy atom. The van der Waals surface area contributed by atoms with Gasteiger partial charge in [0.15, 0.2) is 0 Å². The fraction of sp³-hybridized carbons (Fsp3) is 0.130. The van der Waals surface area contributed by atoms with Crippen molar-refractivity contribution in [2.45, 2.75) is 20.0 Å². The summed E-state index contributed by atoms with van der Waals surface area (Å²) in [6.07, 6.45) is 3.34. The molecular weight excluding hydrogens is 308 g/mol. The molecule has 0 aliphatic carbocycles. The molecule has 0 bridgehead atoms. The van der Waals surface area contributed by atoms with Crippen LogP contribution in [0, 0.1) is 6.92 Å². The van der Waals surface area contributed by atoms with Crippen LogP contribution in [0.3, 0.4) is 0 Å². The number of rotatable bonds is 3. The average molecular weight is 328 g/mol. The third-order valence-electron chi connectivity index (χ3n) is 4.54. The van der Waals surface area contributed by atoms with Crippen LogP contribution in [0.5, 0.6) is 0 Å². The second-order valence-corrected chi connectivity index (χ2v) is 6.48. The van der Waals surface area contributed by atoms with Gasteiger partial charge in [0.2, 0.25) is 0 Å². The van der Waals surface area contributed by atoms with Crippen molar-refractivity contribution in [3.05, 3.63) is 77.9 Å². The van der Waals surface area contributed by atoms with Gasteiger partial charge in [-0.3, -0.25) is 0 Å². The number of benzene rings is 3. The Kier molecular flexibility index (Phi) is 3.90. The summed E-state index contributed by atoms with van der Waals surface area (Å²) in [5.74, 6) is 0. The van der Waals surface area contributed by atoms with Crippen molar-refractivity contribution >= 4 is 28.0 Å². The first-order valence-corrected chi connectivity index (χ1v) is 8.50. The summed E-state index contributed by atoms with van der Waals surface area (Å²) in [7, 11) is 0. The van der Waals surface area contributed by atoms with Crippen LogP contribution in [0.2, 0.25) is 0 Å². The number of furan rings is 1. The van der Waals surface area contributed by atoms with Crippen molar-refractivity contribution < 1.29 is 9.52 Å². The summed E-state index contributed by atoms with van der Waals surface area (Å²) in [5.41, 5.74) is 6.45. The molecule has 4 aromatic rings. The lowest BCUT2D eigenvalue weighted by molar-refractivity contribution is 0.245. The van der Waals surface area contributed by atoms with Gasteiger partial charge in [-0.2, -0.15) is 0 Å². The van der Waals surface area contributed by atoms with Gasteiger partial charge in [-0.15, -0.1) is 0 Å². The Morgan fingerprint density at radius 1 is 0.880 bits per heavy atom. The number of aliphatic hydroxyl groups is 1. The van der Waals surface area contributed by atoms with E-state index < -0.39 is 6.10 Å². The maximum atomic E-state index is 9.49. The van der Waals surface area contributed by atoms with Gasteiger partial charge in [-0.25, -0.2) is 0 Å². The third-order valence-corrected chi connectivity index (χ3v) is 4.54. The fourth-order valence-electron chi connectivity index (χ4n) is 3.15. The second kappa shape index (κ2) is 6.23. The number of para-hydroxylation sites is 1. The van der Waals surface area contributed by atoms with Crippen LogP contribution < -0.4 is 0 Å². The van der Waals surface area contributed by atoms with Crippen LogP contribution in [-0.4, -0.2) is 11.2 Å². The lowest BCUT2D eigenvalue weighted by atomic mass is 9.98. The van der Waals surface area contributed by atoms with Gasteiger partial charge < -0.3 is 9.52 Å².